The Bertz CT molecular complexity index is 3250. The Morgan fingerprint density at radius 3 is 1.64 bits per heavy atom. The summed E-state index contributed by atoms with van der Waals surface area (Å²) in [6, 6.07) is 76.5. The van der Waals surface area contributed by atoms with E-state index in [1.165, 1.54) is 54.6 Å². The number of anilines is 3. The molecule has 0 atom stereocenters. The highest BCUT2D eigenvalue weighted by Crippen LogP contribution is 2.49. The first-order chi connectivity index (χ1) is 27.8. The Balaban J connectivity index is 1.22. The summed E-state index contributed by atoms with van der Waals surface area (Å²) in [7, 11) is 0. The van der Waals surface area contributed by atoms with Crippen LogP contribution in [0.15, 0.2) is 217 Å². The average molecular weight is 714 g/mol. The molecule has 10 aromatic carbocycles. The minimum Gasteiger partial charge on any atom is -0.454 e. The highest BCUT2D eigenvalue weighted by Gasteiger charge is 2.24. The smallest absolute Gasteiger partial charge is 0.159 e. The molecule has 2 nitrogen and oxygen atoms in total. The first kappa shape index (κ1) is 32.0. The summed E-state index contributed by atoms with van der Waals surface area (Å²) < 4.78 is 6.74. The largest absolute Gasteiger partial charge is 0.454 e. The molecule has 11 rings (SSSR count). The molecule has 0 saturated carbocycles. The van der Waals surface area contributed by atoms with E-state index in [1.807, 2.05) is 6.07 Å². The molecular formula is C54H35NO. The first-order valence-corrected chi connectivity index (χ1v) is 19.2. The van der Waals surface area contributed by atoms with E-state index in [0.29, 0.717) is 0 Å². The molecule has 0 bridgehead atoms. The van der Waals surface area contributed by atoms with E-state index < -0.39 is 0 Å². The molecule has 11 aromatic rings. The quantitative estimate of drug-likeness (QED) is 0.160. The number of fused-ring (bicyclic) bond motifs is 7. The molecule has 0 fully saturated rings. The molecular weight excluding hydrogens is 679 g/mol. The number of benzene rings is 10. The molecule has 2 heteroatoms. The lowest BCUT2D eigenvalue weighted by Crippen LogP contribution is -2.12. The summed E-state index contributed by atoms with van der Waals surface area (Å²) in [5.41, 5.74) is 12.1. The topological polar surface area (TPSA) is 16.4 Å². The second-order valence-electron chi connectivity index (χ2n) is 14.4. The number of hydrogen-bond donors (Lipinski definition) is 0. The van der Waals surface area contributed by atoms with Gasteiger partial charge in [0.15, 0.2) is 5.58 Å². The van der Waals surface area contributed by atoms with Crippen molar-refractivity contribution in [2.45, 2.75) is 0 Å². The van der Waals surface area contributed by atoms with Crippen LogP contribution in [0.3, 0.4) is 0 Å². The van der Waals surface area contributed by atoms with Gasteiger partial charge in [0.05, 0.1) is 17.1 Å². The standard InChI is InChI=1S/C54H35NO/c1-3-18-37(19-4-1)52-45-27-10-9-25-42(45)43-34-33-39(35-47(43)53(52)38-20-5-2-6-21-38)41-24-11-13-29-48(41)55(49-30-15-22-36-17-7-8-23-40(36)49)50-31-16-28-46-44-26-12-14-32-51(44)56-54(46)50/h1-35H. The van der Waals surface area contributed by atoms with Crippen LogP contribution in [0.5, 0.6) is 0 Å². The molecule has 0 amide bonds. The van der Waals surface area contributed by atoms with Gasteiger partial charge in [0.2, 0.25) is 0 Å². The van der Waals surface area contributed by atoms with Gasteiger partial charge in [-0.3, -0.25) is 0 Å². The molecule has 0 unspecified atom stereocenters. The van der Waals surface area contributed by atoms with Gasteiger partial charge in [0.1, 0.15) is 5.58 Å². The van der Waals surface area contributed by atoms with E-state index in [4.69, 9.17) is 4.42 Å². The predicted molar refractivity (Wildman–Crippen MR) is 237 cm³/mol. The summed E-state index contributed by atoms with van der Waals surface area (Å²) >= 11 is 0. The lowest BCUT2D eigenvalue weighted by molar-refractivity contribution is 0.669. The summed E-state index contributed by atoms with van der Waals surface area (Å²) in [5, 5.41) is 9.51. The van der Waals surface area contributed by atoms with Crippen LogP contribution in [0, 0.1) is 0 Å². The zero-order valence-electron chi connectivity index (χ0n) is 30.6. The van der Waals surface area contributed by atoms with Crippen LogP contribution in [0.4, 0.5) is 17.1 Å². The Morgan fingerprint density at radius 1 is 0.304 bits per heavy atom. The fraction of sp³-hybridized carbons (Fsp3) is 0. The maximum absolute atomic E-state index is 6.74. The van der Waals surface area contributed by atoms with Crippen LogP contribution < -0.4 is 4.90 Å². The van der Waals surface area contributed by atoms with Crippen LogP contribution in [0.1, 0.15) is 0 Å². The minimum atomic E-state index is 0.861. The van der Waals surface area contributed by atoms with Gasteiger partial charge in [-0.15, -0.1) is 0 Å². The number of furan rings is 1. The summed E-state index contributed by atoms with van der Waals surface area (Å²) in [5.74, 6) is 0. The molecule has 0 saturated heterocycles. The molecule has 0 aliphatic heterocycles. The Kier molecular flexibility index (Phi) is 7.53. The van der Waals surface area contributed by atoms with E-state index in [9.17, 15) is 0 Å². The van der Waals surface area contributed by atoms with Gasteiger partial charge in [0.25, 0.3) is 0 Å². The third kappa shape index (κ3) is 5.11. The van der Waals surface area contributed by atoms with Crippen LogP contribution in [0.25, 0.3) is 87.6 Å². The second-order valence-corrected chi connectivity index (χ2v) is 14.4. The van der Waals surface area contributed by atoms with Crippen LogP contribution >= 0.6 is 0 Å². The molecule has 0 spiro atoms. The molecule has 56 heavy (non-hydrogen) atoms. The van der Waals surface area contributed by atoms with E-state index in [1.54, 1.807) is 0 Å². The van der Waals surface area contributed by atoms with Gasteiger partial charge in [-0.2, -0.15) is 0 Å². The maximum atomic E-state index is 6.74. The lowest BCUT2D eigenvalue weighted by atomic mass is 9.84. The van der Waals surface area contributed by atoms with Crippen molar-refractivity contribution in [3.05, 3.63) is 212 Å². The maximum Gasteiger partial charge on any atom is 0.159 e. The summed E-state index contributed by atoms with van der Waals surface area (Å²) in [4.78, 5) is 2.40. The summed E-state index contributed by atoms with van der Waals surface area (Å²) in [6.07, 6.45) is 0. The van der Waals surface area contributed by atoms with E-state index in [0.717, 1.165) is 50.1 Å². The van der Waals surface area contributed by atoms with E-state index >= 15 is 0 Å². The number of para-hydroxylation sites is 3. The lowest BCUT2D eigenvalue weighted by Gasteiger charge is -2.29. The Labute approximate surface area is 325 Å². The van der Waals surface area contributed by atoms with Crippen molar-refractivity contribution in [3.63, 3.8) is 0 Å². The van der Waals surface area contributed by atoms with Crippen molar-refractivity contribution in [2.24, 2.45) is 0 Å². The molecule has 0 radical (unpaired) electrons. The Morgan fingerprint density at radius 2 is 0.839 bits per heavy atom. The minimum absolute atomic E-state index is 0.861. The highest BCUT2D eigenvalue weighted by atomic mass is 16.3. The van der Waals surface area contributed by atoms with Crippen molar-refractivity contribution in [1.29, 1.82) is 0 Å². The fourth-order valence-electron chi connectivity index (χ4n) is 8.78. The SMILES string of the molecule is c1ccc(-c2c(-c3ccccc3)c3cc(-c4ccccc4N(c4cccc5ccccc45)c4cccc5c4oc4ccccc45)ccc3c3ccccc23)cc1. The Hall–Kier alpha value is -7.42. The van der Waals surface area contributed by atoms with Crippen LogP contribution in [-0.2, 0) is 0 Å². The van der Waals surface area contributed by atoms with Gasteiger partial charge in [-0.25, -0.2) is 0 Å². The third-order valence-electron chi connectivity index (χ3n) is 11.2. The van der Waals surface area contributed by atoms with E-state index in [-0.39, 0.29) is 0 Å². The third-order valence-corrected chi connectivity index (χ3v) is 11.2. The van der Waals surface area contributed by atoms with Gasteiger partial charge in [-0.05, 0) is 85.1 Å². The van der Waals surface area contributed by atoms with E-state index in [2.05, 4.69) is 211 Å². The molecule has 1 heterocycles. The van der Waals surface area contributed by atoms with Gasteiger partial charge in [0, 0.05) is 21.7 Å². The molecule has 0 aliphatic carbocycles. The summed E-state index contributed by atoms with van der Waals surface area (Å²) in [6.45, 7) is 0. The van der Waals surface area contributed by atoms with Crippen molar-refractivity contribution in [3.8, 4) is 33.4 Å². The van der Waals surface area contributed by atoms with Crippen LogP contribution in [-0.4, -0.2) is 0 Å². The highest BCUT2D eigenvalue weighted by molar-refractivity contribution is 6.22. The predicted octanol–water partition coefficient (Wildman–Crippen LogP) is 15.5. The van der Waals surface area contributed by atoms with Crippen molar-refractivity contribution in [1.82, 2.24) is 0 Å². The van der Waals surface area contributed by atoms with Crippen molar-refractivity contribution >= 4 is 71.3 Å². The molecule has 0 N–H and O–H groups in total. The van der Waals surface area contributed by atoms with Gasteiger partial charge < -0.3 is 9.32 Å². The van der Waals surface area contributed by atoms with Crippen LogP contribution in [0.2, 0.25) is 0 Å². The normalized spacial score (nSPS) is 11.6. The fourth-order valence-corrected chi connectivity index (χ4v) is 8.78. The van der Waals surface area contributed by atoms with Crippen molar-refractivity contribution in [2.75, 3.05) is 4.90 Å². The number of hydrogen-bond acceptors (Lipinski definition) is 2. The monoisotopic (exact) mass is 713 g/mol. The number of nitrogens with zero attached hydrogens (tertiary/aromatic N) is 1. The second kappa shape index (κ2) is 13.2. The number of rotatable bonds is 6. The molecule has 0 aliphatic rings. The van der Waals surface area contributed by atoms with Gasteiger partial charge in [-0.1, -0.05) is 182 Å². The molecule has 262 valence electrons. The zero-order valence-corrected chi connectivity index (χ0v) is 30.6. The van der Waals surface area contributed by atoms with Gasteiger partial charge >= 0.3 is 0 Å². The zero-order chi connectivity index (χ0) is 37.0. The molecule has 1 aromatic heterocycles. The van der Waals surface area contributed by atoms with Crippen molar-refractivity contribution < 1.29 is 4.42 Å². The average Bonchev–Trinajstić information content (AvgIpc) is 3.66. The first-order valence-electron chi connectivity index (χ1n) is 19.2.